The molecular weight excluding hydrogens is 445 g/mol. The van der Waals surface area contributed by atoms with E-state index in [9.17, 15) is 27.6 Å². The Kier molecular flexibility index (Phi) is 9.08. The van der Waals surface area contributed by atoms with Gasteiger partial charge in [-0.15, -0.1) is 0 Å². The highest BCUT2D eigenvalue weighted by atomic mass is 19.4. The Morgan fingerprint density at radius 1 is 0.909 bits per heavy atom. The zero-order valence-corrected chi connectivity index (χ0v) is 18.0. The summed E-state index contributed by atoms with van der Waals surface area (Å²) in [5.41, 5.74) is -0.0461. The van der Waals surface area contributed by atoms with Crippen molar-refractivity contribution in [1.29, 1.82) is 0 Å². The van der Waals surface area contributed by atoms with E-state index in [0.717, 1.165) is 29.8 Å². The average Bonchev–Trinajstić information content (AvgIpc) is 2.80. The summed E-state index contributed by atoms with van der Waals surface area (Å²) in [7, 11) is 3.04. The third-order valence-corrected chi connectivity index (χ3v) is 4.42. The van der Waals surface area contributed by atoms with Crippen molar-refractivity contribution >= 4 is 17.8 Å². The number of halogens is 3. The molecule has 0 aliphatic carbocycles. The Morgan fingerprint density at radius 2 is 1.58 bits per heavy atom. The normalized spacial score (nSPS) is 10.8. The van der Waals surface area contributed by atoms with Gasteiger partial charge in [0.25, 0.3) is 11.8 Å². The first-order valence-electron chi connectivity index (χ1n) is 9.72. The summed E-state index contributed by atoms with van der Waals surface area (Å²) in [6.07, 6.45) is -4.01. The zero-order valence-electron chi connectivity index (χ0n) is 18.0. The molecule has 2 N–H and O–H groups in total. The van der Waals surface area contributed by atoms with Crippen molar-refractivity contribution in [3.05, 3.63) is 59.2 Å². The molecule has 0 saturated heterocycles. The standard InChI is InChI=1S/C22H23F3N2O6/c1-31-17-8-3-14(11-18(17)32-2)9-10-26-19(28)13-33-20(29)12-27-21(30)15-4-6-16(7-5-15)22(23,24)25/h3-8,11H,9-10,12-13H2,1-2H3,(H,26,28)(H,27,30). The van der Waals surface area contributed by atoms with E-state index < -0.39 is 42.7 Å². The fraction of sp³-hybridized carbons (Fsp3) is 0.318. The van der Waals surface area contributed by atoms with E-state index >= 15 is 0 Å². The number of rotatable bonds is 10. The number of carbonyl (C=O) groups is 3. The summed E-state index contributed by atoms with van der Waals surface area (Å²) < 4.78 is 52.8. The molecule has 33 heavy (non-hydrogen) atoms. The first-order chi connectivity index (χ1) is 15.6. The van der Waals surface area contributed by atoms with Crippen LogP contribution < -0.4 is 20.1 Å². The number of alkyl halides is 3. The van der Waals surface area contributed by atoms with Crippen LogP contribution >= 0.6 is 0 Å². The highest BCUT2D eigenvalue weighted by Crippen LogP contribution is 2.29. The first-order valence-corrected chi connectivity index (χ1v) is 9.72. The minimum absolute atomic E-state index is 0.0521. The number of carbonyl (C=O) groups excluding carboxylic acids is 3. The van der Waals surface area contributed by atoms with Crippen LogP contribution in [0.4, 0.5) is 13.2 Å². The summed E-state index contributed by atoms with van der Waals surface area (Å²) >= 11 is 0. The van der Waals surface area contributed by atoms with Gasteiger partial charge in [0.05, 0.1) is 19.8 Å². The largest absolute Gasteiger partial charge is 0.493 e. The van der Waals surface area contributed by atoms with Crippen LogP contribution in [-0.2, 0) is 26.9 Å². The van der Waals surface area contributed by atoms with Gasteiger partial charge in [-0.05, 0) is 48.4 Å². The van der Waals surface area contributed by atoms with Gasteiger partial charge in [-0.25, -0.2) is 0 Å². The minimum Gasteiger partial charge on any atom is -0.493 e. The van der Waals surface area contributed by atoms with Gasteiger partial charge < -0.3 is 24.8 Å². The van der Waals surface area contributed by atoms with Crippen LogP contribution in [0.25, 0.3) is 0 Å². The Hall–Kier alpha value is -3.76. The van der Waals surface area contributed by atoms with E-state index in [0.29, 0.717) is 17.9 Å². The molecule has 2 aromatic carbocycles. The fourth-order valence-electron chi connectivity index (χ4n) is 2.70. The zero-order chi connectivity index (χ0) is 24.4. The molecule has 0 aromatic heterocycles. The van der Waals surface area contributed by atoms with E-state index in [1.165, 1.54) is 14.2 Å². The van der Waals surface area contributed by atoms with Gasteiger partial charge in [-0.3, -0.25) is 14.4 Å². The summed E-state index contributed by atoms with van der Waals surface area (Å²) in [5, 5.41) is 4.81. The van der Waals surface area contributed by atoms with Gasteiger partial charge in [0.2, 0.25) is 0 Å². The van der Waals surface area contributed by atoms with Crippen molar-refractivity contribution in [2.24, 2.45) is 0 Å². The molecule has 0 aliphatic heterocycles. The molecule has 2 rings (SSSR count). The number of nitrogens with one attached hydrogen (secondary N) is 2. The van der Waals surface area contributed by atoms with E-state index in [4.69, 9.17) is 14.2 Å². The molecule has 0 aliphatic rings. The fourth-order valence-corrected chi connectivity index (χ4v) is 2.70. The molecule has 2 amide bonds. The molecule has 0 spiro atoms. The van der Waals surface area contributed by atoms with E-state index in [1.807, 2.05) is 6.07 Å². The third kappa shape index (κ3) is 8.02. The Bertz CT molecular complexity index is 977. The molecule has 11 heteroatoms. The second kappa shape index (κ2) is 11.7. The van der Waals surface area contributed by atoms with Crippen molar-refractivity contribution in [3.8, 4) is 11.5 Å². The van der Waals surface area contributed by atoms with E-state index in [-0.39, 0.29) is 12.1 Å². The van der Waals surface area contributed by atoms with Gasteiger partial charge in [0.15, 0.2) is 18.1 Å². The minimum atomic E-state index is -4.51. The molecule has 2 aromatic rings. The molecule has 0 heterocycles. The quantitative estimate of drug-likeness (QED) is 0.519. The Balaban J connectivity index is 1.68. The smallest absolute Gasteiger partial charge is 0.416 e. The molecular formula is C22H23F3N2O6. The van der Waals surface area contributed by atoms with Crippen LogP contribution in [0.1, 0.15) is 21.5 Å². The van der Waals surface area contributed by atoms with Crippen LogP contribution in [0.2, 0.25) is 0 Å². The molecule has 0 radical (unpaired) electrons. The maximum absolute atomic E-state index is 12.5. The molecule has 0 atom stereocenters. The lowest BCUT2D eigenvalue weighted by Crippen LogP contribution is -2.34. The number of ether oxygens (including phenoxy) is 3. The number of methoxy groups -OCH3 is 2. The van der Waals surface area contributed by atoms with Gasteiger partial charge in [0, 0.05) is 12.1 Å². The van der Waals surface area contributed by atoms with Crippen molar-refractivity contribution in [2.75, 3.05) is 33.9 Å². The second-order valence-electron chi connectivity index (χ2n) is 6.71. The topological polar surface area (TPSA) is 103 Å². The van der Waals surface area contributed by atoms with Crippen LogP contribution in [0.5, 0.6) is 11.5 Å². The van der Waals surface area contributed by atoms with Gasteiger partial charge in [0.1, 0.15) is 6.54 Å². The number of hydrogen-bond acceptors (Lipinski definition) is 6. The SMILES string of the molecule is COc1ccc(CCNC(=O)COC(=O)CNC(=O)c2ccc(C(F)(F)F)cc2)cc1OC. The van der Waals surface area contributed by atoms with Gasteiger partial charge >= 0.3 is 12.1 Å². The number of amides is 2. The van der Waals surface area contributed by atoms with Gasteiger partial charge in [-0.2, -0.15) is 13.2 Å². The maximum atomic E-state index is 12.5. The monoisotopic (exact) mass is 468 g/mol. The third-order valence-electron chi connectivity index (χ3n) is 4.42. The van der Waals surface area contributed by atoms with Crippen LogP contribution in [0.3, 0.4) is 0 Å². The molecule has 178 valence electrons. The Morgan fingerprint density at radius 3 is 2.18 bits per heavy atom. The average molecular weight is 468 g/mol. The second-order valence-corrected chi connectivity index (χ2v) is 6.71. The predicted molar refractivity (Wildman–Crippen MR) is 111 cm³/mol. The summed E-state index contributed by atoms with van der Waals surface area (Å²) in [4.78, 5) is 35.4. The van der Waals surface area contributed by atoms with E-state index in [1.54, 1.807) is 12.1 Å². The van der Waals surface area contributed by atoms with Crippen LogP contribution in [0.15, 0.2) is 42.5 Å². The lowest BCUT2D eigenvalue weighted by Gasteiger charge is -2.10. The molecule has 0 unspecified atom stereocenters. The Labute approximate surface area is 188 Å². The summed E-state index contributed by atoms with van der Waals surface area (Å²) in [6, 6.07) is 8.87. The predicted octanol–water partition coefficient (Wildman–Crippen LogP) is 2.35. The highest BCUT2D eigenvalue weighted by Gasteiger charge is 2.30. The first kappa shape index (κ1) is 25.5. The lowest BCUT2D eigenvalue weighted by atomic mass is 10.1. The summed E-state index contributed by atoms with van der Waals surface area (Å²) in [6.45, 7) is -0.795. The number of esters is 1. The van der Waals surface area contributed by atoms with E-state index in [2.05, 4.69) is 10.6 Å². The van der Waals surface area contributed by atoms with Gasteiger partial charge in [-0.1, -0.05) is 6.07 Å². The highest BCUT2D eigenvalue weighted by molar-refractivity contribution is 5.96. The molecule has 8 nitrogen and oxygen atoms in total. The number of hydrogen-bond donors (Lipinski definition) is 2. The van der Waals surface area contributed by atoms with Crippen molar-refractivity contribution < 1.29 is 41.8 Å². The van der Waals surface area contributed by atoms with Crippen molar-refractivity contribution in [1.82, 2.24) is 10.6 Å². The molecule has 0 bridgehead atoms. The van der Waals surface area contributed by atoms with Crippen LogP contribution in [-0.4, -0.2) is 51.7 Å². The molecule has 0 saturated carbocycles. The van der Waals surface area contributed by atoms with Crippen molar-refractivity contribution in [3.63, 3.8) is 0 Å². The molecule has 0 fully saturated rings. The number of benzene rings is 2. The van der Waals surface area contributed by atoms with Crippen LogP contribution in [0, 0.1) is 0 Å². The lowest BCUT2D eigenvalue weighted by molar-refractivity contribution is -0.147. The summed E-state index contributed by atoms with van der Waals surface area (Å²) in [5.74, 6) is -1.00. The van der Waals surface area contributed by atoms with Crippen molar-refractivity contribution in [2.45, 2.75) is 12.6 Å². The maximum Gasteiger partial charge on any atom is 0.416 e.